The van der Waals surface area contributed by atoms with Crippen molar-refractivity contribution in [1.29, 1.82) is 5.26 Å². The number of esters is 1. The third-order valence-corrected chi connectivity index (χ3v) is 3.79. The first-order valence-corrected chi connectivity index (χ1v) is 6.99. The molecule has 2 aromatic rings. The van der Waals surface area contributed by atoms with Gasteiger partial charge < -0.3 is 10.1 Å². The standard InChI is InChI=1S/C14H11ClN2O2S/c1-19-14(18)12-3-2-10(15)5-13(12)17-7-11-4-9(6-16)8-20-11/h2-5,8,17H,7H2,1H3. The molecule has 0 spiro atoms. The maximum Gasteiger partial charge on any atom is 0.339 e. The maximum atomic E-state index is 11.7. The minimum atomic E-state index is -0.423. The van der Waals surface area contributed by atoms with Crippen molar-refractivity contribution in [3.8, 4) is 6.07 Å². The molecule has 0 fully saturated rings. The number of nitriles is 1. The summed E-state index contributed by atoms with van der Waals surface area (Å²) >= 11 is 7.42. The molecular formula is C14H11ClN2O2S. The summed E-state index contributed by atoms with van der Waals surface area (Å²) in [5.74, 6) is -0.423. The Hall–Kier alpha value is -2.03. The molecule has 1 heterocycles. The van der Waals surface area contributed by atoms with Crippen LogP contribution in [-0.2, 0) is 11.3 Å². The van der Waals surface area contributed by atoms with Crippen molar-refractivity contribution < 1.29 is 9.53 Å². The van der Waals surface area contributed by atoms with Crippen LogP contribution in [0, 0.1) is 11.3 Å². The molecule has 102 valence electrons. The lowest BCUT2D eigenvalue weighted by Gasteiger charge is -2.10. The van der Waals surface area contributed by atoms with Crippen LogP contribution in [0.15, 0.2) is 29.6 Å². The summed E-state index contributed by atoms with van der Waals surface area (Å²) in [4.78, 5) is 12.7. The number of hydrogen-bond donors (Lipinski definition) is 1. The van der Waals surface area contributed by atoms with Crippen LogP contribution < -0.4 is 5.32 Å². The van der Waals surface area contributed by atoms with Gasteiger partial charge >= 0.3 is 5.97 Å². The molecule has 0 radical (unpaired) electrons. The van der Waals surface area contributed by atoms with E-state index >= 15 is 0 Å². The van der Waals surface area contributed by atoms with Crippen LogP contribution in [0.5, 0.6) is 0 Å². The molecule has 0 saturated carbocycles. The second-order valence-electron chi connectivity index (χ2n) is 3.95. The van der Waals surface area contributed by atoms with Gasteiger partial charge in [-0.25, -0.2) is 4.79 Å². The number of carbonyl (C=O) groups excluding carboxylic acids is 1. The van der Waals surface area contributed by atoms with Crippen molar-refractivity contribution in [2.45, 2.75) is 6.54 Å². The number of ether oxygens (including phenoxy) is 1. The van der Waals surface area contributed by atoms with E-state index in [1.54, 1.807) is 29.6 Å². The fraction of sp³-hybridized carbons (Fsp3) is 0.143. The van der Waals surface area contributed by atoms with Crippen molar-refractivity contribution >= 4 is 34.6 Å². The van der Waals surface area contributed by atoms with Gasteiger partial charge in [-0.2, -0.15) is 5.26 Å². The molecule has 0 aliphatic carbocycles. The molecule has 1 N–H and O–H groups in total. The van der Waals surface area contributed by atoms with Crippen LogP contribution >= 0.6 is 22.9 Å². The van der Waals surface area contributed by atoms with E-state index in [4.69, 9.17) is 21.6 Å². The summed E-state index contributed by atoms with van der Waals surface area (Å²) in [6.45, 7) is 0.511. The molecule has 6 heteroatoms. The zero-order valence-electron chi connectivity index (χ0n) is 10.6. The van der Waals surface area contributed by atoms with Gasteiger partial charge in [-0.15, -0.1) is 11.3 Å². The van der Waals surface area contributed by atoms with E-state index in [2.05, 4.69) is 11.4 Å². The number of benzene rings is 1. The predicted octanol–water partition coefficient (Wildman–Crippen LogP) is 3.67. The van der Waals surface area contributed by atoms with E-state index in [1.807, 2.05) is 0 Å². The van der Waals surface area contributed by atoms with Crippen molar-refractivity contribution in [2.75, 3.05) is 12.4 Å². The molecule has 0 atom stereocenters. The van der Waals surface area contributed by atoms with Gasteiger partial charge in [0, 0.05) is 21.8 Å². The first kappa shape index (κ1) is 14.4. The van der Waals surface area contributed by atoms with Gasteiger partial charge in [0.2, 0.25) is 0 Å². The number of nitrogens with one attached hydrogen (secondary N) is 1. The van der Waals surface area contributed by atoms with E-state index in [-0.39, 0.29) is 0 Å². The number of halogens is 1. The first-order valence-electron chi connectivity index (χ1n) is 5.73. The SMILES string of the molecule is COC(=O)c1ccc(Cl)cc1NCc1cc(C#N)cs1. The summed E-state index contributed by atoms with van der Waals surface area (Å²) in [7, 11) is 1.33. The summed E-state index contributed by atoms with van der Waals surface area (Å²) < 4.78 is 4.73. The molecular weight excluding hydrogens is 296 g/mol. The molecule has 0 unspecified atom stereocenters. The Labute approximate surface area is 125 Å². The van der Waals surface area contributed by atoms with Crippen LogP contribution in [0.25, 0.3) is 0 Å². The molecule has 4 nitrogen and oxygen atoms in total. The van der Waals surface area contributed by atoms with E-state index in [1.165, 1.54) is 18.4 Å². The third kappa shape index (κ3) is 3.29. The van der Waals surface area contributed by atoms with Gasteiger partial charge in [0.25, 0.3) is 0 Å². The normalized spacial score (nSPS) is 9.85. The van der Waals surface area contributed by atoms with E-state index in [0.29, 0.717) is 28.4 Å². The number of carbonyl (C=O) groups is 1. The second-order valence-corrected chi connectivity index (χ2v) is 5.38. The van der Waals surface area contributed by atoms with Gasteiger partial charge in [0.15, 0.2) is 0 Å². The van der Waals surface area contributed by atoms with Crippen LogP contribution in [-0.4, -0.2) is 13.1 Å². The largest absolute Gasteiger partial charge is 0.465 e. The molecule has 0 bridgehead atoms. The Morgan fingerprint density at radius 1 is 1.50 bits per heavy atom. The van der Waals surface area contributed by atoms with E-state index in [9.17, 15) is 4.79 Å². The summed E-state index contributed by atoms with van der Waals surface area (Å²) in [6, 6.07) is 8.81. The fourth-order valence-corrected chi connectivity index (χ4v) is 2.59. The van der Waals surface area contributed by atoms with Crippen molar-refractivity contribution in [3.63, 3.8) is 0 Å². The lowest BCUT2D eigenvalue weighted by molar-refractivity contribution is 0.0602. The summed E-state index contributed by atoms with van der Waals surface area (Å²) in [5.41, 5.74) is 1.66. The number of thiophene rings is 1. The van der Waals surface area contributed by atoms with E-state index < -0.39 is 5.97 Å². The lowest BCUT2D eigenvalue weighted by atomic mass is 10.1. The molecule has 1 aromatic heterocycles. The molecule has 1 aromatic carbocycles. The number of anilines is 1. The lowest BCUT2D eigenvalue weighted by Crippen LogP contribution is -2.07. The average molecular weight is 307 g/mol. The van der Waals surface area contributed by atoms with Crippen molar-refractivity contribution in [1.82, 2.24) is 0 Å². The monoisotopic (exact) mass is 306 g/mol. The molecule has 20 heavy (non-hydrogen) atoms. The molecule has 0 amide bonds. The topological polar surface area (TPSA) is 62.1 Å². The van der Waals surface area contributed by atoms with Crippen molar-refractivity contribution in [3.05, 3.63) is 50.7 Å². The van der Waals surface area contributed by atoms with Gasteiger partial charge in [-0.05, 0) is 24.3 Å². The van der Waals surface area contributed by atoms with Crippen LogP contribution in [0.2, 0.25) is 5.02 Å². The first-order chi connectivity index (χ1) is 9.63. The van der Waals surface area contributed by atoms with Crippen LogP contribution in [0.4, 0.5) is 5.69 Å². The molecule has 2 rings (SSSR count). The average Bonchev–Trinajstić information content (AvgIpc) is 2.92. The highest BCUT2D eigenvalue weighted by atomic mass is 35.5. The van der Waals surface area contributed by atoms with E-state index in [0.717, 1.165) is 4.88 Å². The number of methoxy groups -OCH3 is 1. The summed E-state index contributed by atoms with van der Waals surface area (Å²) in [6.07, 6.45) is 0. The Kier molecular flexibility index (Phi) is 4.61. The second kappa shape index (κ2) is 6.42. The minimum absolute atomic E-state index is 0.423. The van der Waals surface area contributed by atoms with Crippen LogP contribution in [0.1, 0.15) is 20.8 Å². The Balaban J connectivity index is 2.18. The zero-order chi connectivity index (χ0) is 14.5. The fourth-order valence-electron chi connectivity index (χ4n) is 1.67. The number of rotatable bonds is 4. The zero-order valence-corrected chi connectivity index (χ0v) is 12.2. The van der Waals surface area contributed by atoms with Gasteiger partial charge in [0.05, 0.1) is 23.9 Å². The Morgan fingerprint density at radius 3 is 2.95 bits per heavy atom. The van der Waals surface area contributed by atoms with Crippen LogP contribution in [0.3, 0.4) is 0 Å². The molecule has 0 saturated heterocycles. The quantitative estimate of drug-likeness (QED) is 0.875. The smallest absolute Gasteiger partial charge is 0.339 e. The maximum absolute atomic E-state index is 11.7. The van der Waals surface area contributed by atoms with Gasteiger partial charge in [-0.3, -0.25) is 0 Å². The predicted molar refractivity (Wildman–Crippen MR) is 79.2 cm³/mol. The molecule has 0 aliphatic heterocycles. The molecule has 0 aliphatic rings. The van der Waals surface area contributed by atoms with Gasteiger partial charge in [0.1, 0.15) is 6.07 Å². The summed E-state index contributed by atoms with van der Waals surface area (Å²) in [5, 5.41) is 14.2. The highest BCUT2D eigenvalue weighted by Gasteiger charge is 2.12. The Bertz CT molecular complexity index is 676. The Morgan fingerprint density at radius 2 is 2.30 bits per heavy atom. The number of nitrogens with zero attached hydrogens (tertiary/aromatic N) is 1. The van der Waals surface area contributed by atoms with Crippen molar-refractivity contribution in [2.24, 2.45) is 0 Å². The number of hydrogen-bond acceptors (Lipinski definition) is 5. The minimum Gasteiger partial charge on any atom is -0.465 e. The third-order valence-electron chi connectivity index (χ3n) is 2.62. The highest BCUT2D eigenvalue weighted by Crippen LogP contribution is 2.23. The highest BCUT2D eigenvalue weighted by molar-refractivity contribution is 7.10. The van der Waals surface area contributed by atoms with Gasteiger partial charge in [-0.1, -0.05) is 11.6 Å².